The zero-order valence-corrected chi connectivity index (χ0v) is 7.42. The van der Waals surface area contributed by atoms with Crippen LogP contribution < -0.4 is 0 Å². The van der Waals surface area contributed by atoms with Gasteiger partial charge in [0.05, 0.1) is 5.60 Å². The highest BCUT2D eigenvalue weighted by molar-refractivity contribution is 5.79. The van der Waals surface area contributed by atoms with E-state index < -0.39 is 5.60 Å². The van der Waals surface area contributed by atoms with Crippen molar-refractivity contribution in [2.75, 3.05) is 0 Å². The average Bonchev–Trinajstić information content (AvgIpc) is 2.09. The van der Waals surface area contributed by atoms with Crippen LogP contribution in [0.4, 0.5) is 0 Å². The number of rotatable bonds is 1. The largest absolute Gasteiger partial charge is 0.390 e. The maximum absolute atomic E-state index is 11.0. The minimum Gasteiger partial charge on any atom is -0.390 e. The Kier molecular flexibility index (Phi) is 2.06. The van der Waals surface area contributed by atoms with Gasteiger partial charge in [-0.3, -0.25) is 4.79 Å². The van der Waals surface area contributed by atoms with E-state index in [9.17, 15) is 9.90 Å². The molecule has 0 bridgehead atoms. The molecule has 0 aromatic carbocycles. The van der Waals surface area contributed by atoms with Crippen molar-refractivity contribution in [1.82, 2.24) is 0 Å². The number of aliphatic hydroxyl groups is 1. The van der Waals surface area contributed by atoms with Gasteiger partial charge in [0, 0.05) is 5.92 Å². The molecular weight excluding hydrogens is 140 g/mol. The molecule has 1 N–H and O–H groups in total. The van der Waals surface area contributed by atoms with E-state index in [4.69, 9.17) is 0 Å². The second kappa shape index (κ2) is 2.59. The van der Waals surface area contributed by atoms with E-state index in [0.717, 1.165) is 12.8 Å². The van der Waals surface area contributed by atoms with Crippen molar-refractivity contribution >= 4 is 5.78 Å². The molecule has 0 saturated heterocycles. The number of carbonyl (C=O) groups is 1. The first-order valence-corrected chi connectivity index (χ1v) is 4.18. The van der Waals surface area contributed by atoms with Crippen LogP contribution in [0.5, 0.6) is 0 Å². The molecule has 64 valence electrons. The molecule has 2 nitrogen and oxygen atoms in total. The quantitative estimate of drug-likeness (QED) is 0.622. The van der Waals surface area contributed by atoms with Crippen molar-refractivity contribution in [1.29, 1.82) is 0 Å². The number of Topliss-reactive ketones (excluding diaryl/α,β-unsaturated/α-hetero) is 1. The first kappa shape index (κ1) is 8.72. The van der Waals surface area contributed by atoms with Gasteiger partial charge in [0.25, 0.3) is 0 Å². The van der Waals surface area contributed by atoms with Gasteiger partial charge < -0.3 is 5.11 Å². The molecule has 1 aliphatic rings. The summed E-state index contributed by atoms with van der Waals surface area (Å²) < 4.78 is 0. The Labute approximate surface area is 67.6 Å². The summed E-state index contributed by atoms with van der Waals surface area (Å²) in [6, 6.07) is 0. The summed E-state index contributed by atoms with van der Waals surface area (Å²) in [5.41, 5.74) is -0.615. The Hall–Kier alpha value is -0.370. The molecular formula is C9H16O2. The molecule has 0 aromatic heterocycles. The van der Waals surface area contributed by atoms with Crippen LogP contribution >= 0.6 is 0 Å². The summed E-state index contributed by atoms with van der Waals surface area (Å²) in [7, 11) is 0. The van der Waals surface area contributed by atoms with Crippen LogP contribution in [0.15, 0.2) is 0 Å². The zero-order chi connectivity index (χ0) is 8.65. The van der Waals surface area contributed by atoms with Crippen molar-refractivity contribution in [2.24, 2.45) is 11.8 Å². The summed E-state index contributed by atoms with van der Waals surface area (Å²) in [6.45, 7) is 5.39. The van der Waals surface area contributed by atoms with E-state index in [1.807, 2.05) is 13.8 Å². The molecule has 0 heterocycles. The SMILES string of the molecule is CC(=O)[C@H]1CC[C@@](C)(O)[C@H]1C. The topological polar surface area (TPSA) is 37.3 Å². The molecule has 1 rings (SSSR count). The highest BCUT2D eigenvalue weighted by atomic mass is 16.3. The van der Waals surface area contributed by atoms with E-state index in [0.29, 0.717) is 0 Å². The van der Waals surface area contributed by atoms with E-state index in [1.165, 1.54) is 0 Å². The third-order valence-electron chi connectivity index (χ3n) is 3.07. The van der Waals surface area contributed by atoms with Gasteiger partial charge in [-0.25, -0.2) is 0 Å². The molecule has 0 aliphatic heterocycles. The predicted octanol–water partition coefficient (Wildman–Crippen LogP) is 1.37. The second-order valence-electron chi connectivity index (χ2n) is 3.90. The smallest absolute Gasteiger partial charge is 0.133 e. The van der Waals surface area contributed by atoms with Gasteiger partial charge in [-0.2, -0.15) is 0 Å². The van der Waals surface area contributed by atoms with Crippen LogP contribution in [-0.4, -0.2) is 16.5 Å². The fraction of sp³-hybridized carbons (Fsp3) is 0.889. The number of ketones is 1. The molecule has 11 heavy (non-hydrogen) atoms. The van der Waals surface area contributed by atoms with Gasteiger partial charge >= 0.3 is 0 Å². The van der Waals surface area contributed by atoms with Gasteiger partial charge in [0.2, 0.25) is 0 Å². The average molecular weight is 156 g/mol. The second-order valence-corrected chi connectivity index (χ2v) is 3.90. The molecule has 0 spiro atoms. The molecule has 0 aromatic rings. The Morgan fingerprint density at radius 1 is 1.64 bits per heavy atom. The first-order chi connectivity index (χ1) is 4.95. The van der Waals surface area contributed by atoms with Gasteiger partial charge in [0.15, 0.2) is 0 Å². The van der Waals surface area contributed by atoms with Crippen molar-refractivity contribution in [3.05, 3.63) is 0 Å². The Morgan fingerprint density at radius 3 is 2.36 bits per heavy atom. The number of carbonyl (C=O) groups excluding carboxylic acids is 1. The normalized spacial score (nSPS) is 44.4. The van der Waals surface area contributed by atoms with Crippen molar-refractivity contribution < 1.29 is 9.90 Å². The van der Waals surface area contributed by atoms with E-state index >= 15 is 0 Å². The van der Waals surface area contributed by atoms with E-state index in [-0.39, 0.29) is 17.6 Å². The molecule has 1 fully saturated rings. The van der Waals surface area contributed by atoms with Crippen LogP contribution in [-0.2, 0) is 4.79 Å². The maximum Gasteiger partial charge on any atom is 0.133 e. The molecule has 0 radical (unpaired) electrons. The highest BCUT2D eigenvalue weighted by Crippen LogP contribution is 2.39. The van der Waals surface area contributed by atoms with Crippen molar-refractivity contribution in [3.8, 4) is 0 Å². The third kappa shape index (κ3) is 1.45. The summed E-state index contributed by atoms with van der Waals surface area (Å²) in [5.74, 6) is 0.431. The number of hydrogen-bond donors (Lipinski definition) is 1. The lowest BCUT2D eigenvalue weighted by Crippen LogP contribution is -2.31. The Bertz CT molecular complexity index is 172. The van der Waals surface area contributed by atoms with E-state index in [1.54, 1.807) is 6.92 Å². The third-order valence-corrected chi connectivity index (χ3v) is 3.07. The molecule has 0 unspecified atom stereocenters. The molecule has 1 aliphatic carbocycles. The summed E-state index contributed by atoms with van der Waals surface area (Å²) in [6.07, 6.45) is 1.61. The first-order valence-electron chi connectivity index (χ1n) is 4.18. The Balaban J connectivity index is 2.71. The summed E-state index contributed by atoms with van der Waals surface area (Å²) in [4.78, 5) is 11.0. The lowest BCUT2D eigenvalue weighted by Gasteiger charge is -2.24. The fourth-order valence-electron chi connectivity index (χ4n) is 1.91. The van der Waals surface area contributed by atoms with Gasteiger partial charge in [-0.15, -0.1) is 0 Å². The lowest BCUT2D eigenvalue weighted by molar-refractivity contribution is -0.123. The van der Waals surface area contributed by atoms with Gasteiger partial charge in [-0.05, 0) is 32.6 Å². The molecule has 0 amide bonds. The molecule has 1 saturated carbocycles. The number of hydrogen-bond acceptors (Lipinski definition) is 2. The van der Waals surface area contributed by atoms with E-state index in [2.05, 4.69) is 0 Å². The van der Waals surface area contributed by atoms with Crippen LogP contribution in [0.2, 0.25) is 0 Å². The van der Waals surface area contributed by atoms with Crippen LogP contribution in [0.1, 0.15) is 33.6 Å². The van der Waals surface area contributed by atoms with Crippen LogP contribution in [0.3, 0.4) is 0 Å². The standard InChI is InChI=1S/C9H16O2/c1-6-8(7(2)10)4-5-9(6,3)11/h6,8,11H,4-5H2,1-3H3/t6-,8-,9+/m0/s1. The van der Waals surface area contributed by atoms with Crippen molar-refractivity contribution in [3.63, 3.8) is 0 Å². The molecule has 3 atom stereocenters. The minimum absolute atomic E-state index is 0.0880. The molecule has 2 heteroatoms. The summed E-state index contributed by atoms with van der Waals surface area (Å²) >= 11 is 0. The van der Waals surface area contributed by atoms with Gasteiger partial charge in [0.1, 0.15) is 5.78 Å². The lowest BCUT2D eigenvalue weighted by atomic mass is 9.87. The fourth-order valence-corrected chi connectivity index (χ4v) is 1.91. The highest BCUT2D eigenvalue weighted by Gasteiger charge is 2.42. The van der Waals surface area contributed by atoms with Crippen molar-refractivity contribution in [2.45, 2.75) is 39.2 Å². The predicted molar refractivity (Wildman–Crippen MR) is 43.2 cm³/mol. The van der Waals surface area contributed by atoms with Crippen LogP contribution in [0, 0.1) is 11.8 Å². The summed E-state index contributed by atoms with van der Waals surface area (Å²) in [5, 5.41) is 9.73. The maximum atomic E-state index is 11.0. The van der Waals surface area contributed by atoms with Gasteiger partial charge in [-0.1, -0.05) is 6.92 Å². The Morgan fingerprint density at radius 2 is 2.18 bits per heavy atom. The monoisotopic (exact) mass is 156 g/mol. The zero-order valence-electron chi connectivity index (χ0n) is 7.42. The minimum atomic E-state index is -0.615. The van der Waals surface area contributed by atoms with Crippen LogP contribution in [0.25, 0.3) is 0 Å².